The number of ether oxygens (including phenoxy) is 1. The summed E-state index contributed by atoms with van der Waals surface area (Å²) in [5, 5.41) is 5.06. The van der Waals surface area contributed by atoms with Crippen LogP contribution in [0.3, 0.4) is 0 Å². The van der Waals surface area contributed by atoms with Crippen molar-refractivity contribution in [3.05, 3.63) is 65.2 Å². The van der Waals surface area contributed by atoms with E-state index >= 15 is 0 Å². The van der Waals surface area contributed by atoms with Gasteiger partial charge in [-0.3, -0.25) is 9.59 Å². The highest BCUT2D eigenvalue weighted by Crippen LogP contribution is 2.31. The Bertz CT molecular complexity index is 775. The number of hydrogen-bond acceptors (Lipinski definition) is 3. The van der Waals surface area contributed by atoms with Gasteiger partial charge in [0.15, 0.2) is 0 Å². The largest absolute Gasteiger partial charge is 0.491 e. The van der Waals surface area contributed by atoms with Crippen LogP contribution < -0.4 is 15.4 Å². The zero-order chi connectivity index (χ0) is 17.1. The van der Waals surface area contributed by atoms with Gasteiger partial charge < -0.3 is 15.4 Å². The highest BCUT2D eigenvalue weighted by atomic mass is 19.1. The zero-order valence-corrected chi connectivity index (χ0v) is 12.5. The smallest absolute Gasteiger partial charge is 0.251 e. The van der Waals surface area contributed by atoms with E-state index in [1.807, 2.05) is 24.3 Å². The molecule has 0 aromatic heterocycles. The lowest BCUT2D eigenvalue weighted by Crippen LogP contribution is -2.39. The number of benzene rings is 2. The predicted molar refractivity (Wildman–Crippen MR) is 81.5 cm³/mol. The third kappa shape index (κ3) is 3.51. The molecule has 0 saturated carbocycles. The van der Waals surface area contributed by atoms with Crippen molar-refractivity contribution in [3.8, 4) is 5.75 Å². The van der Waals surface area contributed by atoms with Crippen molar-refractivity contribution in [2.45, 2.75) is 6.04 Å². The average molecular weight is 332 g/mol. The standard InChI is InChI=1S/C17H14F2N2O3/c18-11-5-10(6-12(19)7-11)17(23)20-8-16(22)21-14-9-24-15-4-2-1-3-13(14)15/h1-7,14H,8-9H2,(H,20,23)(H,21,22)/t14-/m1/s1. The Balaban J connectivity index is 1.55. The minimum Gasteiger partial charge on any atom is -0.491 e. The first-order valence-electron chi connectivity index (χ1n) is 7.28. The fourth-order valence-corrected chi connectivity index (χ4v) is 2.48. The van der Waals surface area contributed by atoms with E-state index in [1.54, 1.807) is 0 Å². The molecule has 0 aliphatic carbocycles. The lowest BCUT2D eigenvalue weighted by atomic mass is 10.1. The van der Waals surface area contributed by atoms with Crippen molar-refractivity contribution in [1.82, 2.24) is 10.6 Å². The molecular weight excluding hydrogens is 318 g/mol. The molecule has 2 N–H and O–H groups in total. The second-order valence-electron chi connectivity index (χ2n) is 5.31. The van der Waals surface area contributed by atoms with E-state index in [2.05, 4.69) is 10.6 Å². The molecule has 1 aliphatic rings. The first-order chi connectivity index (χ1) is 11.5. The van der Waals surface area contributed by atoms with Gasteiger partial charge >= 0.3 is 0 Å². The van der Waals surface area contributed by atoms with Gasteiger partial charge in [-0.05, 0) is 18.2 Å². The number of halogens is 2. The van der Waals surface area contributed by atoms with Crippen molar-refractivity contribution >= 4 is 11.8 Å². The zero-order valence-electron chi connectivity index (χ0n) is 12.5. The molecule has 0 fully saturated rings. The number of rotatable bonds is 4. The van der Waals surface area contributed by atoms with Crippen LogP contribution in [0.2, 0.25) is 0 Å². The summed E-state index contributed by atoms with van der Waals surface area (Å²) in [6.45, 7) is 0.00374. The third-order valence-electron chi connectivity index (χ3n) is 3.57. The van der Waals surface area contributed by atoms with Crippen LogP contribution in [0, 0.1) is 11.6 Å². The quantitative estimate of drug-likeness (QED) is 0.899. The van der Waals surface area contributed by atoms with Crippen molar-refractivity contribution in [2.24, 2.45) is 0 Å². The van der Waals surface area contributed by atoms with E-state index in [-0.39, 0.29) is 18.2 Å². The number of hydrogen-bond donors (Lipinski definition) is 2. The van der Waals surface area contributed by atoms with Crippen LogP contribution in [0.1, 0.15) is 22.0 Å². The topological polar surface area (TPSA) is 67.4 Å². The molecule has 1 atom stereocenters. The molecule has 124 valence electrons. The van der Waals surface area contributed by atoms with E-state index in [0.717, 1.165) is 17.7 Å². The number of carbonyl (C=O) groups excluding carboxylic acids is 2. The van der Waals surface area contributed by atoms with Crippen LogP contribution in [0.4, 0.5) is 8.78 Å². The number of fused-ring (bicyclic) bond motifs is 1. The van der Waals surface area contributed by atoms with Gasteiger partial charge in [-0.25, -0.2) is 8.78 Å². The third-order valence-corrected chi connectivity index (χ3v) is 3.57. The SMILES string of the molecule is O=C(CNC(=O)c1cc(F)cc(F)c1)N[C@@H]1COc2ccccc21. The molecule has 7 heteroatoms. The Morgan fingerprint density at radius 2 is 1.83 bits per heavy atom. The molecule has 2 aromatic rings. The summed E-state index contributed by atoms with van der Waals surface area (Å²) >= 11 is 0. The summed E-state index contributed by atoms with van der Waals surface area (Å²) in [5.74, 6) is -2.16. The molecule has 3 rings (SSSR count). The van der Waals surface area contributed by atoms with Crippen molar-refractivity contribution in [2.75, 3.05) is 13.2 Å². The fourth-order valence-electron chi connectivity index (χ4n) is 2.48. The minimum atomic E-state index is -0.857. The second kappa shape index (κ2) is 6.66. The second-order valence-corrected chi connectivity index (χ2v) is 5.31. The van der Waals surface area contributed by atoms with Crippen molar-refractivity contribution in [1.29, 1.82) is 0 Å². The number of para-hydroxylation sites is 1. The van der Waals surface area contributed by atoms with Gasteiger partial charge in [0.25, 0.3) is 5.91 Å². The summed E-state index contributed by atoms with van der Waals surface area (Å²) in [4.78, 5) is 23.8. The van der Waals surface area contributed by atoms with Crippen LogP contribution in [-0.2, 0) is 4.79 Å². The normalized spacial score (nSPS) is 15.3. The lowest BCUT2D eigenvalue weighted by molar-refractivity contribution is -0.120. The Morgan fingerprint density at radius 1 is 1.12 bits per heavy atom. The Hall–Kier alpha value is -2.96. The van der Waals surface area contributed by atoms with E-state index < -0.39 is 23.4 Å². The first-order valence-corrected chi connectivity index (χ1v) is 7.28. The molecule has 0 radical (unpaired) electrons. The van der Waals surface area contributed by atoms with Crippen molar-refractivity contribution < 1.29 is 23.1 Å². The minimum absolute atomic E-state index is 0.185. The highest BCUT2D eigenvalue weighted by molar-refractivity contribution is 5.96. The van der Waals surface area contributed by atoms with E-state index in [4.69, 9.17) is 4.74 Å². The molecule has 0 bridgehead atoms. The van der Waals surface area contributed by atoms with Crippen molar-refractivity contribution in [3.63, 3.8) is 0 Å². The van der Waals surface area contributed by atoms with Gasteiger partial charge in [0.05, 0.1) is 12.6 Å². The maximum absolute atomic E-state index is 13.1. The summed E-state index contributed by atoms with van der Waals surface area (Å²) in [5.41, 5.74) is 0.680. The fraction of sp³-hybridized carbons (Fsp3) is 0.176. The number of carbonyl (C=O) groups is 2. The van der Waals surface area contributed by atoms with Crippen LogP contribution in [-0.4, -0.2) is 25.0 Å². The van der Waals surface area contributed by atoms with Gasteiger partial charge in [0.1, 0.15) is 24.0 Å². The maximum Gasteiger partial charge on any atom is 0.251 e. The molecule has 0 saturated heterocycles. The maximum atomic E-state index is 13.1. The van der Waals surface area contributed by atoms with Gasteiger partial charge in [-0.15, -0.1) is 0 Å². The first kappa shape index (κ1) is 15.9. The van der Waals surface area contributed by atoms with Crippen LogP contribution in [0.25, 0.3) is 0 Å². The van der Waals surface area contributed by atoms with Crippen LogP contribution in [0.5, 0.6) is 5.75 Å². The van der Waals surface area contributed by atoms with E-state index in [0.29, 0.717) is 18.4 Å². The van der Waals surface area contributed by atoms with E-state index in [9.17, 15) is 18.4 Å². The molecule has 1 heterocycles. The number of amides is 2. The molecule has 0 spiro atoms. The van der Waals surface area contributed by atoms with Crippen LogP contribution in [0.15, 0.2) is 42.5 Å². The Morgan fingerprint density at radius 3 is 2.58 bits per heavy atom. The highest BCUT2D eigenvalue weighted by Gasteiger charge is 2.25. The van der Waals surface area contributed by atoms with Gasteiger partial charge in [-0.2, -0.15) is 0 Å². The molecule has 2 amide bonds. The summed E-state index contributed by atoms with van der Waals surface area (Å²) < 4.78 is 31.6. The summed E-state index contributed by atoms with van der Waals surface area (Å²) in [7, 11) is 0. The monoisotopic (exact) mass is 332 g/mol. The summed E-state index contributed by atoms with van der Waals surface area (Å²) in [6, 6.07) is 9.50. The molecular formula is C17H14F2N2O3. The molecule has 24 heavy (non-hydrogen) atoms. The Kier molecular flexibility index (Phi) is 4.41. The summed E-state index contributed by atoms with van der Waals surface area (Å²) in [6.07, 6.45) is 0. The Labute approximate surface area is 136 Å². The number of nitrogens with one attached hydrogen (secondary N) is 2. The molecule has 1 aliphatic heterocycles. The van der Waals surface area contributed by atoms with Crippen LogP contribution >= 0.6 is 0 Å². The van der Waals surface area contributed by atoms with Gasteiger partial charge in [-0.1, -0.05) is 18.2 Å². The molecule has 5 nitrogen and oxygen atoms in total. The molecule has 0 unspecified atom stereocenters. The predicted octanol–water partition coefficient (Wildman–Crippen LogP) is 1.94. The molecule has 2 aromatic carbocycles. The van der Waals surface area contributed by atoms with Gasteiger partial charge in [0, 0.05) is 17.2 Å². The van der Waals surface area contributed by atoms with E-state index in [1.165, 1.54) is 0 Å². The average Bonchev–Trinajstić information content (AvgIpc) is 2.95. The lowest BCUT2D eigenvalue weighted by Gasteiger charge is -2.12. The van der Waals surface area contributed by atoms with Gasteiger partial charge in [0.2, 0.25) is 5.91 Å².